The largest absolute Gasteiger partial charge is 0.394 e. The molecule has 0 aliphatic heterocycles. The number of aliphatic hydroxyl groups is 2. The van der Waals surface area contributed by atoms with Gasteiger partial charge in [0.2, 0.25) is 0 Å². The first-order valence-corrected chi connectivity index (χ1v) is 5.86. The Morgan fingerprint density at radius 3 is 2.06 bits per heavy atom. The zero-order valence-corrected chi connectivity index (χ0v) is 10.9. The van der Waals surface area contributed by atoms with E-state index < -0.39 is 0 Å². The predicted molar refractivity (Wildman–Crippen MR) is 63.3 cm³/mol. The van der Waals surface area contributed by atoms with E-state index in [1.54, 1.807) is 0 Å². The van der Waals surface area contributed by atoms with E-state index in [9.17, 15) is 0 Å². The van der Waals surface area contributed by atoms with E-state index in [0.29, 0.717) is 25.7 Å². The predicted octanol–water partition coefficient (Wildman–Crippen LogP) is 1.05. The van der Waals surface area contributed by atoms with Gasteiger partial charge in [-0.15, -0.1) is 0 Å². The molecule has 1 unspecified atom stereocenters. The van der Waals surface area contributed by atoms with Crippen molar-refractivity contribution in [3.8, 4) is 0 Å². The second kappa shape index (κ2) is 8.01. The van der Waals surface area contributed by atoms with Crippen LogP contribution in [0.5, 0.6) is 0 Å². The highest BCUT2D eigenvalue weighted by molar-refractivity contribution is 4.81. The van der Waals surface area contributed by atoms with Crippen molar-refractivity contribution in [3.63, 3.8) is 0 Å². The van der Waals surface area contributed by atoms with E-state index in [4.69, 9.17) is 19.7 Å². The Morgan fingerprint density at radius 1 is 1.06 bits per heavy atom. The summed E-state index contributed by atoms with van der Waals surface area (Å²) in [5.41, 5.74) is -0.126. The molecular weight excluding hydrogens is 208 g/mol. The third-order valence-electron chi connectivity index (χ3n) is 2.47. The molecule has 1 atom stereocenters. The highest BCUT2D eigenvalue weighted by Crippen LogP contribution is 2.29. The molecule has 0 spiro atoms. The van der Waals surface area contributed by atoms with Crippen LogP contribution < -0.4 is 0 Å². The molecule has 0 bridgehead atoms. The standard InChI is InChI=1S/C12H26O4/c1-10(2)11(16-8-6-14)12(3,4)9-15-7-5-13/h10-11,13-14H,5-9H2,1-4H3. The fourth-order valence-electron chi connectivity index (χ4n) is 1.98. The van der Waals surface area contributed by atoms with Crippen molar-refractivity contribution in [3.05, 3.63) is 0 Å². The molecule has 0 amide bonds. The minimum absolute atomic E-state index is 0.0385. The number of ether oxygens (including phenoxy) is 2. The SMILES string of the molecule is CC(C)C(OCCO)C(C)(C)COCCO. The number of rotatable bonds is 9. The second-order valence-corrected chi connectivity index (χ2v) is 5.02. The van der Waals surface area contributed by atoms with Gasteiger partial charge in [0.05, 0.1) is 39.1 Å². The van der Waals surface area contributed by atoms with Gasteiger partial charge in [-0.05, 0) is 5.92 Å². The summed E-state index contributed by atoms with van der Waals surface area (Å²) in [7, 11) is 0. The summed E-state index contributed by atoms with van der Waals surface area (Å²) in [6, 6.07) is 0. The van der Waals surface area contributed by atoms with Gasteiger partial charge in [-0.1, -0.05) is 27.7 Å². The van der Waals surface area contributed by atoms with Gasteiger partial charge in [-0.3, -0.25) is 0 Å². The Hall–Kier alpha value is -0.160. The molecule has 0 aliphatic rings. The van der Waals surface area contributed by atoms with E-state index >= 15 is 0 Å². The van der Waals surface area contributed by atoms with Gasteiger partial charge in [0, 0.05) is 5.41 Å². The normalized spacial score (nSPS) is 14.4. The van der Waals surface area contributed by atoms with Gasteiger partial charge in [-0.25, -0.2) is 0 Å². The van der Waals surface area contributed by atoms with Gasteiger partial charge in [-0.2, -0.15) is 0 Å². The molecule has 4 nitrogen and oxygen atoms in total. The first-order valence-electron chi connectivity index (χ1n) is 5.86. The third kappa shape index (κ3) is 5.80. The summed E-state index contributed by atoms with van der Waals surface area (Å²) in [6.45, 7) is 9.67. The van der Waals surface area contributed by atoms with Crippen molar-refractivity contribution in [1.29, 1.82) is 0 Å². The molecule has 0 fully saturated rings. The topological polar surface area (TPSA) is 58.9 Å². The molecule has 0 aromatic rings. The third-order valence-corrected chi connectivity index (χ3v) is 2.47. The second-order valence-electron chi connectivity index (χ2n) is 5.02. The van der Waals surface area contributed by atoms with Crippen LogP contribution in [0.4, 0.5) is 0 Å². The monoisotopic (exact) mass is 234 g/mol. The maximum Gasteiger partial charge on any atom is 0.0701 e. The van der Waals surface area contributed by atoms with Crippen LogP contribution in [-0.2, 0) is 9.47 Å². The molecule has 0 rings (SSSR count). The van der Waals surface area contributed by atoms with Gasteiger partial charge in [0.1, 0.15) is 0 Å². The lowest BCUT2D eigenvalue weighted by atomic mass is 9.81. The average Bonchev–Trinajstić information content (AvgIpc) is 2.17. The van der Waals surface area contributed by atoms with E-state index in [0.717, 1.165) is 0 Å². The van der Waals surface area contributed by atoms with Gasteiger partial charge >= 0.3 is 0 Å². The van der Waals surface area contributed by atoms with E-state index in [2.05, 4.69) is 27.7 Å². The first kappa shape index (κ1) is 15.8. The van der Waals surface area contributed by atoms with Crippen molar-refractivity contribution in [2.24, 2.45) is 11.3 Å². The highest BCUT2D eigenvalue weighted by Gasteiger charge is 2.32. The summed E-state index contributed by atoms with van der Waals surface area (Å²) < 4.78 is 11.0. The lowest BCUT2D eigenvalue weighted by Crippen LogP contribution is -2.40. The molecule has 0 aromatic heterocycles. The zero-order chi connectivity index (χ0) is 12.6. The minimum Gasteiger partial charge on any atom is -0.394 e. The molecule has 0 saturated carbocycles. The Kier molecular flexibility index (Phi) is 7.93. The zero-order valence-electron chi connectivity index (χ0n) is 10.9. The van der Waals surface area contributed by atoms with Crippen LogP contribution in [0, 0.1) is 11.3 Å². The summed E-state index contributed by atoms with van der Waals surface area (Å²) in [4.78, 5) is 0. The Morgan fingerprint density at radius 2 is 1.62 bits per heavy atom. The fourth-order valence-corrected chi connectivity index (χ4v) is 1.98. The number of hydrogen-bond donors (Lipinski definition) is 2. The lowest BCUT2D eigenvalue weighted by molar-refractivity contribution is -0.0953. The van der Waals surface area contributed by atoms with Crippen LogP contribution in [0.3, 0.4) is 0 Å². The van der Waals surface area contributed by atoms with Crippen molar-refractivity contribution >= 4 is 0 Å². The maximum absolute atomic E-state index is 8.79. The van der Waals surface area contributed by atoms with E-state index in [1.807, 2.05) is 0 Å². The maximum atomic E-state index is 8.79. The van der Waals surface area contributed by atoms with Gasteiger partial charge < -0.3 is 19.7 Å². The molecule has 0 heterocycles. The summed E-state index contributed by atoms with van der Waals surface area (Å²) >= 11 is 0. The van der Waals surface area contributed by atoms with Crippen molar-refractivity contribution < 1.29 is 19.7 Å². The summed E-state index contributed by atoms with van der Waals surface area (Å²) in [5, 5.41) is 17.5. The van der Waals surface area contributed by atoms with E-state index in [-0.39, 0.29) is 24.7 Å². The smallest absolute Gasteiger partial charge is 0.0701 e. The van der Waals surface area contributed by atoms with E-state index in [1.165, 1.54) is 0 Å². The summed E-state index contributed by atoms with van der Waals surface area (Å²) in [6.07, 6.45) is 0.0401. The van der Waals surface area contributed by atoms with Crippen LogP contribution in [0.15, 0.2) is 0 Å². The lowest BCUT2D eigenvalue weighted by Gasteiger charge is -2.36. The van der Waals surface area contributed by atoms with Crippen LogP contribution in [0.25, 0.3) is 0 Å². The molecule has 0 aromatic carbocycles. The Balaban J connectivity index is 4.25. The molecule has 0 aliphatic carbocycles. The Labute approximate surface area is 98.6 Å². The van der Waals surface area contributed by atoms with Crippen molar-refractivity contribution in [2.45, 2.75) is 33.8 Å². The Bertz CT molecular complexity index is 168. The summed E-state index contributed by atoms with van der Waals surface area (Å²) in [5.74, 6) is 0.360. The van der Waals surface area contributed by atoms with Gasteiger partial charge in [0.15, 0.2) is 0 Å². The highest BCUT2D eigenvalue weighted by atomic mass is 16.5. The number of aliphatic hydroxyl groups excluding tert-OH is 2. The first-order chi connectivity index (χ1) is 7.45. The molecule has 0 saturated heterocycles. The molecular formula is C12H26O4. The van der Waals surface area contributed by atoms with Crippen LogP contribution >= 0.6 is 0 Å². The molecule has 98 valence electrons. The molecule has 0 radical (unpaired) electrons. The average molecular weight is 234 g/mol. The van der Waals surface area contributed by atoms with Gasteiger partial charge in [0.25, 0.3) is 0 Å². The molecule has 2 N–H and O–H groups in total. The molecule has 16 heavy (non-hydrogen) atoms. The van der Waals surface area contributed by atoms with Crippen molar-refractivity contribution in [2.75, 3.05) is 33.0 Å². The van der Waals surface area contributed by atoms with Crippen LogP contribution in [0.1, 0.15) is 27.7 Å². The minimum atomic E-state index is -0.126. The van der Waals surface area contributed by atoms with Crippen LogP contribution in [-0.4, -0.2) is 49.4 Å². The number of hydrogen-bond acceptors (Lipinski definition) is 4. The fraction of sp³-hybridized carbons (Fsp3) is 1.00. The molecule has 4 heteroatoms. The van der Waals surface area contributed by atoms with Crippen molar-refractivity contribution in [1.82, 2.24) is 0 Å². The van der Waals surface area contributed by atoms with Crippen LogP contribution in [0.2, 0.25) is 0 Å². The quantitative estimate of drug-likeness (QED) is 0.586.